The fourth-order valence-corrected chi connectivity index (χ4v) is 3.07. The fraction of sp³-hybridized carbons (Fsp3) is 0.353. The molecule has 0 saturated carbocycles. The summed E-state index contributed by atoms with van der Waals surface area (Å²) >= 11 is 0. The molecule has 1 amide bonds. The van der Waals surface area contributed by atoms with Crippen LogP contribution in [0.2, 0.25) is 0 Å². The van der Waals surface area contributed by atoms with Crippen molar-refractivity contribution in [2.75, 3.05) is 20.3 Å². The van der Waals surface area contributed by atoms with Gasteiger partial charge in [-0.25, -0.2) is 0 Å². The predicted molar refractivity (Wildman–Crippen MR) is 83.1 cm³/mol. The van der Waals surface area contributed by atoms with Crippen molar-refractivity contribution >= 4 is 16.8 Å². The summed E-state index contributed by atoms with van der Waals surface area (Å²) in [7, 11) is 1.72. The average molecular weight is 284 g/mol. The monoisotopic (exact) mass is 284 g/mol. The molecule has 2 aromatic rings. The van der Waals surface area contributed by atoms with Crippen LogP contribution in [0.5, 0.6) is 0 Å². The van der Waals surface area contributed by atoms with Gasteiger partial charge in [0.25, 0.3) is 0 Å². The van der Waals surface area contributed by atoms with E-state index in [-0.39, 0.29) is 5.91 Å². The summed E-state index contributed by atoms with van der Waals surface area (Å²) in [4.78, 5) is 13.8. The zero-order valence-corrected chi connectivity index (χ0v) is 12.3. The Labute approximate surface area is 124 Å². The SMILES string of the molecule is C=CC(=O)N1CCc2cn(CCOC)c3cccc(c23)C1. The number of methoxy groups -OCH3 is 1. The molecule has 0 fully saturated rings. The average Bonchev–Trinajstić information content (AvgIpc) is 2.75. The Morgan fingerprint density at radius 1 is 1.43 bits per heavy atom. The largest absolute Gasteiger partial charge is 0.383 e. The molecule has 0 unspecified atom stereocenters. The lowest BCUT2D eigenvalue weighted by atomic mass is 10.1. The first kappa shape index (κ1) is 13.9. The van der Waals surface area contributed by atoms with Crippen molar-refractivity contribution in [1.29, 1.82) is 0 Å². The van der Waals surface area contributed by atoms with Gasteiger partial charge in [0.15, 0.2) is 0 Å². The maximum Gasteiger partial charge on any atom is 0.246 e. The predicted octanol–water partition coefficient (Wildman–Crippen LogP) is 2.36. The van der Waals surface area contributed by atoms with Crippen LogP contribution in [0.3, 0.4) is 0 Å². The Balaban J connectivity index is 2.03. The van der Waals surface area contributed by atoms with E-state index in [1.165, 1.54) is 28.1 Å². The zero-order chi connectivity index (χ0) is 14.8. The van der Waals surface area contributed by atoms with E-state index in [9.17, 15) is 4.79 Å². The number of carbonyl (C=O) groups excluding carboxylic acids is 1. The van der Waals surface area contributed by atoms with Gasteiger partial charge in [0.2, 0.25) is 5.91 Å². The molecule has 1 aromatic heterocycles. The number of rotatable bonds is 4. The van der Waals surface area contributed by atoms with Gasteiger partial charge < -0.3 is 14.2 Å². The Bertz CT molecular complexity index is 687. The Kier molecular flexibility index (Phi) is 3.80. The number of carbonyl (C=O) groups is 1. The maximum absolute atomic E-state index is 11.9. The molecular weight excluding hydrogens is 264 g/mol. The molecule has 0 N–H and O–H groups in total. The smallest absolute Gasteiger partial charge is 0.246 e. The first-order valence-electron chi connectivity index (χ1n) is 7.24. The summed E-state index contributed by atoms with van der Waals surface area (Å²) in [6.07, 6.45) is 4.48. The van der Waals surface area contributed by atoms with Gasteiger partial charge in [0.05, 0.1) is 6.61 Å². The molecule has 2 heterocycles. The third kappa shape index (κ3) is 2.47. The summed E-state index contributed by atoms with van der Waals surface area (Å²) in [5.41, 5.74) is 3.76. The number of benzene rings is 1. The van der Waals surface area contributed by atoms with E-state index < -0.39 is 0 Å². The number of hydrogen-bond donors (Lipinski definition) is 0. The van der Waals surface area contributed by atoms with Crippen molar-refractivity contribution in [2.45, 2.75) is 19.5 Å². The second-order valence-corrected chi connectivity index (χ2v) is 5.37. The van der Waals surface area contributed by atoms with Crippen LogP contribution in [0.15, 0.2) is 37.1 Å². The van der Waals surface area contributed by atoms with Crippen LogP contribution in [0.4, 0.5) is 0 Å². The summed E-state index contributed by atoms with van der Waals surface area (Å²) in [5.74, 6) is 0.00409. The lowest BCUT2D eigenvalue weighted by Gasteiger charge is -2.19. The second kappa shape index (κ2) is 5.74. The highest BCUT2D eigenvalue weighted by atomic mass is 16.5. The summed E-state index contributed by atoms with van der Waals surface area (Å²) < 4.78 is 7.44. The zero-order valence-electron chi connectivity index (χ0n) is 12.3. The molecule has 1 aliphatic heterocycles. The summed E-state index contributed by atoms with van der Waals surface area (Å²) in [6.45, 7) is 6.54. The van der Waals surface area contributed by atoms with Gasteiger partial charge in [-0.2, -0.15) is 0 Å². The molecule has 4 heteroatoms. The number of aromatic nitrogens is 1. The van der Waals surface area contributed by atoms with Crippen LogP contribution < -0.4 is 0 Å². The summed E-state index contributed by atoms with van der Waals surface area (Å²) in [6, 6.07) is 6.32. The molecular formula is C17H20N2O2. The third-order valence-electron chi connectivity index (χ3n) is 4.11. The fourth-order valence-electron chi connectivity index (χ4n) is 3.07. The van der Waals surface area contributed by atoms with Gasteiger partial charge in [-0.05, 0) is 29.7 Å². The first-order valence-corrected chi connectivity index (χ1v) is 7.24. The molecule has 0 atom stereocenters. The highest BCUT2D eigenvalue weighted by molar-refractivity contribution is 5.90. The molecule has 0 spiro atoms. The Morgan fingerprint density at radius 2 is 2.29 bits per heavy atom. The van der Waals surface area contributed by atoms with E-state index >= 15 is 0 Å². The van der Waals surface area contributed by atoms with Crippen molar-refractivity contribution < 1.29 is 9.53 Å². The molecule has 0 aliphatic carbocycles. The molecule has 4 nitrogen and oxygen atoms in total. The maximum atomic E-state index is 11.9. The van der Waals surface area contributed by atoms with E-state index in [1.807, 2.05) is 4.90 Å². The molecule has 1 aliphatic rings. The molecule has 0 saturated heterocycles. The number of amides is 1. The van der Waals surface area contributed by atoms with Crippen LogP contribution in [0.25, 0.3) is 10.9 Å². The molecule has 3 rings (SSSR count). The molecule has 0 bridgehead atoms. The quantitative estimate of drug-likeness (QED) is 0.808. The van der Waals surface area contributed by atoms with Gasteiger partial charge in [-0.15, -0.1) is 0 Å². The van der Waals surface area contributed by atoms with E-state index in [0.29, 0.717) is 13.2 Å². The third-order valence-corrected chi connectivity index (χ3v) is 4.11. The number of hydrogen-bond acceptors (Lipinski definition) is 2. The van der Waals surface area contributed by atoms with E-state index in [1.54, 1.807) is 7.11 Å². The van der Waals surface area contributed by atoms with Crippen molar-refractivity contribution in [3.8, 4) is 0 Å². The minimum absolute atomic E-state index is 0.00409. The lowest BCUT2D eigenvalue weighted by Crippen LogP contribution is -2.29. The van der Waals surface area contributed by atoms with Gasteiger partial charge in [-0.1, -0.05) is 18.7 Å². The van der Waals surface area contributed by atoms with Gasteiger partial charge in [0, 0.05) is 43.8 Å². The van der Waals surface area contributed by atoms with Crippen LogP contribution in [-0.4, -0.2) is 35.6 Å². The van der Waals surface area contributed by atoms with E-state index in [0.717, 1.165) is 19.5 Å². The minimum atomic E-state index is 0.00409. The number of ether oxygens (including phenoxy) is 1. The Morgan fingerprint density at radius 3 is 3.05 bits per heavy atom. The molecule has 21 heavy (non-hydrogen) atoms. The normalized spacial score (nSPS) is 14.2. The Hall–Kier alpha value is -2.07. The lowest BCUT2D eigenvalue weighted by molar-refractivity contribution is -0.126. The van der Waals surface area contributed by atoms with Crippen LogP contribution in [0, 0.1) is 0 Å². The van der Waals surface area contributed by atoms with Crippen molar-refractivity contribution in [3.63, 3.8) is 0 Å². The molecule has 0 radical (unpaired) electrons. The highest BCUT2D eigenvalue weighted by Crippen LogP contribution is 2.29. The van der Waals surface area contributed by atoms with Crippen LogP contribution in [-0.2, 0) is 29.0 Å². The van der Waals surface area contributed by atoms with E-state index in [4.69, 9.17) is 4.74 Å². The van der Waals surface area contributed by atoms with Crippen molar-refractivity contribution in [2.24, 2.45) is 0 Å². The standard InChI is InChI=1S/C17H20N2O2/c1-3-16(20)19-8-7-14-11-18(9-10-21-2)15-6-4-5-13(12-19)17(14)15/h3-6,11H,1,7-10,12H2,2H3. The van der Waals surface area contributed by atoms with Crippen LogP contribution >= 0.6 is 0 Å². The van der Waals surface area contributed by atoms with Crippen molar-refractivity contribution in [3.05, 3.63) is 48.2 Å². The van der Waals surface area contributed by atoms with Gasteiger partial charge in [-0.3, -0.25) is 4.79 Å². The van der Waals surface area contributed by atoms with E-state index in [2.05, 4.69) is 35.5 Å². The topological polar surface area (TPSA) is 34.5 Å². The van der Waals surface area contributed by atoms with Crippen molar-refractivity contribution in [1.82, 2.24) is 9.47 Å². The van der Waals surface area contributed by atoms with Gasteiger partial charge >= 0.3 is 0 Å². The van der Waals surface area contributed by atoms with Gasteiger partial charge in [0.1, 0.15) is 0 Å². The molecule has 110 valence electrons. The highest BCUT2D eigenvalue weighted by Gasteiger charge is 2.20. The first-order chi connectivity index (χ1) is 10.2. The number of nitrogens with zero attached hydrogens (tertiary/aromatic N) is 2. The second-order valence-electron chi connectivity index (χ2n) is 5.37. The summed E-state index contributed by atoms with van der Waals surface area (Å²) in [5, 5.41) is 1.30. The minimum Gasteiger partial charge on any atom is -0.383 e. The molecule has 1 aromatic carbocycles. The van der Waals surface area contributed by atoms with Crippen LogP contribution in [0.1, 0.15) is 11.1 Å².